The second-order valence-electron chi connectivity index (χ2n) is 9.80. The van der Waals surface area contributed by atoms with Gasteiger partial charge in [0.05, 0.1) is 0 Å². The maximum absolute atomic E-state index is 13.7. The molecule has 0 aliphatic heterocycles. The summed E-state index contributed by atoms with van der Waals surface area (Å²) < 4.78 is 5.28. The van der Waals surface area contributed by atoms with Crippen molar-refractivity contribution in [2.45, 2.75) is 66.2 Å². The summed E-state index contributed by atoms with van der Waals surface area (Å²) >= 11 is 4.23. The SMILES string of the molecule is C#CN(C(=O)C(CS)NC(=O)OC(C)(C)C)C(C(=O)Nc1c(C)cccc1C)c1cc(C)cc(C)c1. The van der Waals surface area contributed by atoms with E-state index in [1.54, 1.807) is 20.8 Å². The molecule has 0 aromatic heterocycles. The van der Waals surface area contributed by atoms with Gasteiger partial charge < -0.3 is 15.4 Å². The van der Waals surface area contributed by atoms with Gasteiger partial charge in [-0.25, -0.2) is 4.79 Å². The highest BCUT2D eigenvalue weighted by Gasteiger charge is 2.36. The second kappa shape index (κ2) is 12.0. The Morgan fingerprint density at radius 1 is 1.06 bits per heavy atom. The molecule has 3 amide bonds. The summed E-state index contributed by atoms with van der Waals surface area (Å²) in [5.41, 5.74) is 4.03. The number of rotatable bonds is 7. The number of hydrogen-bond donors (Lipinski definition) is 3. The normalized spacial score (nSPS) is 12.6. The van der Waals surface area contributed by atoms with Crippen molar-refractivity contribution in [1.82, 2.24) is 10.2 Å². The standard InChI is InChI=1S/C28H35N3O4S/c1-9-31(26(33)22(16-36)29-27(34)35-28(6,7)8)24(21-14-17(2)13-18(3)15-21)25(32)30-23-19(4)11-10-12-20(23)5/h1,10-15,22,24,36H,16H2,2-8H3,(H,29,34)(H,30,32). The summed E-state index contributed by atoms with van der Waals surface area (Å²) in [4.78, 5) is 40.7. The van der Waals surface area contributed by atoms with E-state index in [9.17, 15) is 14.4 Å². The lowest BCUT2D eigenvalue weighted by molar-refractivity contribution is -0.136. The first kappa shape index (κ1) is 28.8. The number of ether oxygens (including phenoxy) is 1. The molecule has 2 unspecified atom stereocenters. The molecule has 8 heteroatoms. The van der Waals surface area contributed by atoms with Crippen LogP contribution >= 0.6 is 12.6 Å². The number of hydrogen-bond acceptors (Lipinski definition) is 5. The van der Waals surface area contributed by atoms with Gasteiger partial charge in [-0.2, -0.15) is 12.6 Å². The van der Waals surface area contributed by atoms with Crippen LogP contribution in [-0.2, 0) is 14.3 Å². The number of nitrogens with one attached hydrogen (secondary N) is 2. The van der Waals surface area contributed by atoms with Gasteiger partial charge in [0.1, 0.15) is 17.7 Å². The molecule has 192 valence electrons. The van der Waals surface area contributed by atoms with Crippen molar-refractivity contribution in [3.8, 4) is 12.5 Å². The number of aryl methyl sites for hydroxylation is 4. The van der Waals surface area contributed by atoms with Crippen LogP contribution in [0.3, 0.4) is 0 Å². The fourth-order valence-electron chi connectivity index (χ4n) is 3.86. The van der Waals surface area contributed by atoms with Gasteiger partial charge in [0.25, 0.3) is 11.8 Å². The highest BCUT2D eigenvalue weighted by molar-refractivity contribution is 7.80. The molecule has 0 saturated heterocycles. The van der Waals surface area contributed by atoms with Crippen LogP contribution in [0.4, 0.5) is 10.5 Å². The molecule has 0 bridgehead atoms. The molecule has 0 aliphatic carbocycles. The fraction of sp³-hybridized carbons (Fsp3) is 0.393. The number of terminal acetylenes is 1. The molecule has 2 aromatic rings. The Hall–Kier alpha value is -3.44. The summed E-state index contributed by atoms with van der Waals surface area (Å²) in [6.07, 6.45) is 5.03. The highest BCUT2D eigenvalue weighted by atomic mass is 32.1. The number of anilines is 1. The van der Waals surface area contributed by atoms with Crippen molar-refractivity contribution in [3.05, 3.63) is 64.2 Å². The Labute approximate surface area is 219 Å². The predicted molar refractivity (Wildman–Crippen MR) is 146 cm³/mol. The first-order valence-corrected chi connectivity index (χ1v) is 12.3. The minimum Gasteiger partial charge on any atom is -0.444 e. The van der Waals surface area contributed by atoms with Crippen LogP contribution < -0.4 is 10.6 Å². The van der Waals surface area contributed by atoms with Crippen LogP contribution in [0, 0.1) is 40.2 Å². The number of benzene rings is 2. The van der Waals surface area contributed by atoms with Gasteiger partial charge in [0, 0.05) is 17.5 Å². The summed E-state index contributed by atoms with van der Waals surface area (Å²) in [5, 5.41) is 5.47. The molecule has 36 heavy (non-hydrogen) atoms. The van der Waals surface area contributed by atoms with E-state index in [1.807, 2.05) is 64.1 Å². The number of amides is 3. The van der Waals surface area contributed by atoms with Crippen LogP contribution in [0.15, 0.2) is 36.4 Å². The van der Waals surface area contributed by atoms with Crippen molar-refractivity contribution in [2.24, 2.45) is 0 Å². The third-order valence-electron chi connectivity index (χ3n) is 5.34. The predicted octanol–water partition coefficient (Wildman–Crippen LogP) is 4.84. The third-order valence-corrected chi connectivity index (χ3v) is 5.71. The summed E-state index contributed by atoms with van der Waals surface area (Å²) in [5.74, 6) is -1.17. The van der Waals surface area contributed by atoms with Crippen LogP contribution in [0.2, 0.25) is 0 Å². The summed E-state index contributed by atoms with van der Waals surface area (Å²) in [6, 6.07) is 11.4. The maximum atomic E-state index is 13.7. The van der Waals surface area contributed by atoms with Gasteiger partial charge in [-0.1, -0.05) is 53.9 Å². The molecule has 0 fully saturated rings. The van der Waals surface area contributed by atoms with E-state index >= 15 is 0 Å². The first-order valence-electron chi connectivity index (χ1n) is 11.6. The van der Waals surface area contributed by atoms with E-state index in [4.69, 9.17) is 11.2 Å². The van der Waals surface area contributed by atoms with Gasteiger partial charge >= 0.3 is 6.09 Å². The van der Waals surface area contributed by atoms with Gasteiger partial charge in [0.2, 0.25) is 0 Å². The van der Waals surface area contributed by atoms with Crippen LogP contribution in [0.1, 0.15) is 54.6 Å². The lowest BCUT2D eigenvalue weighted by Crippen LogP contribution is -2.51. The maximum Gasteiger partial charge on any atom is 0.408 e. The zero-order chi connectivity index (χ0) is 27.2. The molecular formula is C28H35N3O4S. The Kier molecular flexibility index (Phi) is 9.60. The van der Waals surface area contributed by atoms with Crippen molar-refractivity contribution >= 4 is 36.2 Å². The van der Waals surface area contributed by atoms with E-state index in [2.05, 4.69) is 29.3 Å². The molecule has 0 saturated carbocycles. The van der Waals surface area contributed by atoms with Gasteiger partial charge in [-0.15, -0.1) is 0 Å². The van der Waals surface area contributed by atoms with E-state index < -0.39 is 35.6 Å². The number of nitrogens with zero attached hydrogens (tertiary/aromatic N) is 1. The topological polar surface area (TPSA) is 87.7 Å². The lowest BCUT2D eigenvalue weighted by atomic mass is 9.98. The van der Waals surface area contributed by atoms with E-state index in [0.717, 1.165) is 27.2 Å². The molecule has 2 rings (SSSR count). The molecule has 7 nitrogen and oxygen atoms in total. The summed E-state index contributed by atoms with van der Waals surface area (Å²) in [6.45, 7) is 12.7. The van der Waals surface area contributed by atoms with Crippen molar-refractivity contribution in [1.29, 1.82) is 0 Å². The zero-order valence-corrected chi connectivity index (χ0v) is 22.8. The average Bonchev–Trinajstić information content (AvgIpc) is 2.75. The third kappa shape index (κ3) is 7.53. The molecule has 2 aromatic carbocycles. The Morgan fingerprint density at radius 3 is 2.08 bits per heavy atom. The Bertz CT molecular complexity index is 1140. The van der Waals surface area contributed by atoms with E-state index in [-0.39, 0.29) is 5.75 Å². The minimum absolute atomic E-state index is 0.0473. The Balaban J connectivity index is 2.50. The van der Waals surface area contributed by atoms with Crippen LogP contribution in [-0.4, -0.2) is 40.2 Å². The number of alkyl carbamates (subject to hydrolysis) is 1. The largest absolute Gasteiger partial charge is 0.444 e. The van der Waals surface area contributed by atoms with Crippen LogP contribution in [0.5, 0.6) is 0 Å². The average molecular weight is 510 g/mol. The zero-order valence-electron chi connectivity index (χ0n) is 21.9. The smallest absolute Gasteiger partial charge is 0.408 e. The van der Waals surface area contributed by atoms with Gasteiger partial charge in [0.15, 0.2) is 0 Å². The Morgan fingerprint density at radius 2 is 1.61 bits per heavy atom. The number of carbonyl (C=O) groups excluding carboxylic acids is 3. The van der Waals surface area contributed by atoms with Crippen LogP contribution in [0.25, 0.3) is 0 Å². The lowest BCUT2D eigenvalue weighted by Gasteiger charge is -2.30. The molecule has 2 atom stereocenters. The van der Waals surface area contributed by atoms with E-state index in [1.165, 1.54) is 0 Å². The van der Waals surface area contributed by atoms with Gasteiger partial charge in [-0.3, -0.25) is 14.5 Å². The highest BCUT2D eigenvalue weighted by Crippen LogP contribution is 2.28. The fourth-order valence-corrected chi connectivity index (χ4v) is 4.10. The minimum atomic E-state index is -1.15. The summed E-state index contributed by atoms with van der Waals surface area (Å²) in [7, 11) is 0. The van der Waals surface area contributed by atoms with Crippen molar-refractivity contribution in [3.63, 3.8) is 0 Å². The number of carbonyl (C=O) groups is 3. The molecule has 0 aliphatic rings. The molecule has 0 heterocycles. The van der Waals surface area contributed by atoms with Crippen molar-refractivity contribution in [2.75, 3.05) is 11.1 Å². The molecule has 0 radical (unpaired) electrons. The molecule has 0 spiro atoms. The first-order chi connectivity index (χ1) is 16.8. The molecule has 2 N–H and O–H groups in total. The number of para-hydroxylation sites is 1. The number of thiol groups is 1. The van der Waals surface area contributed by atoms with Crippen molar-refractivity contribution < 1.29 is 19.1 Å². The second-order valence-corrected chi connectivity index (χ2v) is 10.2. The monoisotopic (exact) mass is 509 g/mol. The van der Waals surface area contributed by atoms with Gasteiger partial charge in [-0.05, 0) is 65.2 Å². The molecular weight excluding hydrogens is 474 g/mol. The van der Waals surface area contributed by atoms with E-state index in [0.29, 0.717) is 11.3 Å². The quantitative estimate of drug-likeness (QED) is 0.283.